The van der Waals surface area contributed by atoms with Crippen molar-refractivity contribution in [2.75, 3.05) is 18.6 Å². The van der Waals surface area contributed by atoms with Crippen LogP contribution in [-0.2, 0) is 16.1 Å². The number of hydrogen-bond acceptors (Lipinski definition) is 6. The first-order valence-corrected chi connectivity index (χ1v) is 9.64. The van der Waals surface area contributed by atoms with Crippen molar-refractivity contribution in [3.63, 3.8) is 0 Å². The molecule has 2 amide bonds. The van der Waals surface area contributed by atoms with Crippen LogP contribution in [0.3, 0.4) is 0 Å². The topological polar surface area (TPSA) is 102 Å². The fraction of sp³-hybridized carbons (Fsp3) is 0.526. The standard InChI is InChI=1S/C19H24N6O3/c1-28-16-8-6-14(7-9-16)24-12-13(10-18(24)26)19(27)20-11-17-21-22-23-25(17)15-4-2-3-5-15/h6-9,13,15H,2-5,10-12H2,1H3,(H,20,27). The summed E-state index contributed by atoms with van der Waals surface area (Å²) in [5.74, 6) is 0.804. The molecule has 9 nitrogen and oxygen atoms in total. The Bertz CT molecular complexity index is 844. The first-order chi connectivity index (χ1) is 13.7. The summed E-state index contributed by atoms with van der Waals surface area (Å²) < 4.78 is 6.98. The lowest BCUT2D eigenvalue weighted by Gasteiger charge is -2.17. The van der Waals surface area contributed by atoms with Crippen molar-refractivity contribution < 1.29 is 14.3 Å². The zero-order valence-corrected chi connectivity index (χ0v) is 15.9. The summed E-state index contributed by atoms with van der Waals surface area (Å²) in [6.45, 7) is 0.639. The van der Waals surface area contributed by atoms with Gasteiger partial charge < -0.3 is 15.0 Å². The Balaban J connectivity index is 1.35. The number of nitrogens with zero attached hydrogens (tertiary/aromatic N) is 5. The summed E-state index contributed by atoms with van der Waals surface area (Å²) in [6.07, 6.45) is 4.70. The lowest BCUT2D eigenvalue weighted by molar-refractivity contribution is -0.126. The van der Waals surface area contributed by atoms with Gasteiger partial charge in [-0.25, -0.2) is 4.68 Å². The Kier molecular flexibility index (Phi) is 5.23. The minimum Gasteiger partial charge on any atom is -0.497 e. The van der Waals surface area contributed by atoms with Crippen LogP contribution in [0.15, 0.2) is 24.3 Å². The van der Waals surface area contributed by atoms with Gasteiger partial charge in [0.25, 0.3) is 0 Å². The molecule has 1 unspecified atom stereocenters. The second kappa shape index (κ2) is 7.95. The maximum Gasteiger partial charge on any atom is 0.227 e. The summed E-state index contributed by atoms with van der Waals surface area (Å²) in [7, 11) is 1.60. The number of methoxy groups -OCH3 is 1. The number of carbonyl (C=O) groups excluding carboxylic acids is 2. The molecule has 0 bridgehead atoms. The van der Waals surface area contributed by atoms with Gasteiger partial charge in [0.2, 0.25) is 11.8 Å². The number of nitrogens with one attached hydrogen (secondary N) is 1. The normalized spacial score (nSPS) is 20.0. The molecule has 1 saturated heterocycles. The van der Waals surface area contributed by atoms with Gasteiger partial charge in [-0.15, -0.1) is 5.10 Å². The number of amides is 2. The molecule has 1 aromatic heterocycles. The molecule has 4 rings (SSSR count). The largest absolute Gasteiger partial charge is 0.497 e. The van der Waals surface area contributed by atoms with Gasteiger partial charge in [0, 0.05) is 18.7 Å². The van der Waals surface area contributed by atoms with Crippen LogP contribution < -0.4 is 15.0 Å². The van der Waals surface area contributed by atoms with Gasteiger partial charge in [-0.1, -0.05) is 12.8 Å². The number of anilines is 1. The molecule has 0 spiro atoms. The number of aromatic nitrogens is 4. The molecule has 148 valence electrons. The number of hydrogen-bond donors (Lipinski definition) is 1. The molecule has 28 heavy (non-hydrogen) atoms. The van der Waals surface area contributed by atoms with E-state index in [1.807, 2.05) is 16.8 Å². The van der Waals surface area contributed by atoms with Crippen molar-refractivity contribution in [2.24, 2.45) is 5.92 Å². The highest BCUT2D eigenvalue weighted by Gasteiger charge is 2.35. The van der Waals surface area contributed by atoms with Crippen molar-refractivity contribution in [3.8, 4) is 5.75 Å². The van der Waals surface area contributed by atoms with Crippen LogP contribution in [0.2, 0.25) is 0 Å². The van der Waals surface area contributed by atoms with Crippen LogP contribution in [0, 0.1) is 5.92 Å². The van der Waals surface area contributed by atoms with Crippen LogP contribution in [0.1, 0.15) is 44.0 Å². The second-order valence-corrected chi connectivity index (χ2v) is 7.30. The van der Waals surface area contributed by atoms with Gasteiger partial charge in [-0.3, -0.25) is 9.59 Å². The molecule has 2 aliphatic rings. The highest BCUT2D eigenvalue weighted by molar-refractivity contribution is 6.00. The maximum atomic E-state index is 12.6. The zero-order valence-electron chi connectivity index (χ0n) is 15.9. The van der Waals surface area contributed by atoms with Crippen molar-refractivity contribution in [2.45, 2.75) is 44.7 Å². The van der Waals surface area contributed by atoms with Crippen LogP contribution in [-0.4, -0.2) is 45.7 Å². The summed E-state index contributed by atoms with van der Waals surface area (Å²) in [4.78, 5) is 26.6. The van der Waals surface area contributed by atoms with Gasteiger partial charge in [0.05, 0.1) is 25.6 Å². The average molecular weight is 384 g/mol. The third-order valence-corrected chi connectivity index (χ3v) is 5.53. The smallest absolute Gasteiger partial charge is 0.227 e. The molecule has 0 radical (unpaired) electrons. The summed E-state index contributed by atoms with van der Waals surface area (Å²) in [5.41, 5.74) is 0.770. The maximum absolute atomic E-state index is 12.6. The SMILES string of the molecule is COc1ccc(N2CC(C(=O)NCc3nnnn3C3CCCC3)CC2=O)cc1. The number of rotatable bonds is 6. The van der Waals surface area contributed by atoms with E-state index in [4.69, 9.17) is 4.74 Å². The van der Waals surface area contributed by atoms with Crippen LogP contribution >= 0.6 is 0 Å². The van der Waals surface area contributed by atoms with Crippen LogP contribution in [0.25, 0.3) is 0 Å². The lowest BCUT2D eigenvalue weighted by atomic mass is 10.1. The van der Waals surface area contributed by atoms with E-state index in [1.54, 1.807) is 24.1 Å². The van der Waals surface area contributed by atoms with Crippen molar-refractivity contribution in [1.29, 1.82) is 0 Å². The molecule has 1 saturated carbocycles. The van der Waals surface area contributed by atoms with E-state index >= 15 is 0 Å². The molecule has 2 aromatic rings. The minimum absolute atomic E-state index is 0.0545. The third-order valence-electron chi connectivity index (χ3n) is 5.53. The Hall–Kier alpha value is -2.97. The van der Waals surface area contributed by atoms with Crippen molar-refractivity contribution in [3.05, 3.63) is 30.1 Å². The van der Waals surface area contributed by atoms with E-state index < -0.39 is 0 Å². The molecule has 1 aromatic carbocycles. The number of carbonyl (C=O) groups is 2. The second-order valence-electron chi connectivity index (χ2n) is 7.30. The summed E-state index contributed by atoms with van der Waals surface area (Å²) in [5, 5.41) is 14.8. The first kappa shape index (κ1) is 18.4. The fourth-order valence-electron chi connectivity index (χ4n) is 3.97. The van der Waals surface area contributed by atoms with E-state index in [9.17, 15) is 9.59 Å². The van der Waals surface area contributed by atoms with Gasteiger partial charge in [-0.2, -0.15) is 0 Å². The van der Waals surface area contributed by atoms with E-state index in [0.29, 0.717) is 18.4 Å². The third kappa shape index (κ3) is 3.69. The van der Waals surface area contributed by atoms with E-state index in [1.165, 1.54) is 12.8 Å². The quantitative estimate of drug-likeness (QED) is 0.809. The van der Waals surface area contributed by atoms with Gasteiger partial charge in [0.15, 0.2) is 5.82 Å². The van der Waals surface area contributed by atoms with Gasteiger partial charge in [0.1, 0.15) is 5.75 Å². The molecule has 1 aliphatic carbocycles. The Morgan fingerprint density at radius 2 is 2.00 bits per heavy atom. The molecular formula is C19H24N6O3. The zero-order chi connectivity index (χ0) is 19.5. The predicted octanol–water partition coefficient (Wildman–Crippen LogP) is 1.47. The molecular weight excluding hydrogens is 360 g/mol. The van der Waals surface area contributed by atoms with Gasteiger partial charge in [-0.05, 0) is 47.5 Å². The van der Waals surface area contributed by atoms with E-state index in [2.05, 4.69) is 20.8 Å². The summed E-state index contributed by atoms with van der Waals surface area (Å²) >= 11 is 0. The monoisotopic (exact) mass is 384 g/mol. The van der Waals surface area contributed by atoms with Crippen molar-refractivity contribution >= 4 is 17.5 Å². The Morgan fingerprint density at radius 3 is 2.71 bits per heavy atom. The Morgan fingerprint density at radius 1 is 1.25 bits per heavy atom. The number of ether oxygens (including phenoxy) is 1. The van der Waals surface area contributed by atoms with Crippen LogP contribution in [0.5, 0.6) is 5.75 Å². The molecule has 2 fully saturated rings. The average Bonchev–Trinajstić information content (AvgIpc) is 3.46. The number of benzene rings is 1. The lowest BCUT2D eigenvalue weighted by Crippen LogP contribution is -2.33. The fourth-order valence-corrected chi connectivity index (χ4v) is 3.97. The molecule has 2 heterocycles. The van der Waals surface area contributed by atoms with Gasteiger partial charge >= 0.3 is 0 Å². The summed E-state index contributed by atoms with van der Waals surface area (Å²) in [6, 6.07) is 7.58. The predicted molar refractivity (Wildman–Crippen MR) is 101 cm³/mol. The number of tetrazole rings is 1. The highest BCUT2D eigenvalue weighted by Crippen LogP contribution is 2.29. The molecule has 1 aliphatic heterocycles. The van der Waals surface area contributed by atoms with Crippen molar-refractivity contribution in [1.82, 2.24) is 25.5 Å². The molecule has 9 heteroatoms. The Labute approximate surface area is 163 Å². The molecule has 1 atom stereocenters. The van der Waals surface area contributed by atoms with E-state index in [-0.39, 0.29) is 30.7 Å². The minimum atomic E-state index is -0.384. The molecule has 1 N–H and O–H groups in total. The first-order valence-electron chi connectivity index (χ1n) is 9.64. The van der Waals surface area contributed by atoms with E-state index in [0.717, 1.165) is 24.3 Å². The highest BCUT2D eigenvalue weighted by atomic mass is 16.5. The van der Waals surface area contributed by atoms with Crippen LogP contribution in [0.4, 0.5) is 5.69 Å².